The molecule has 0 atom stereocenters. The number of halogens is 1. The predicted octanol–water partition coefficient (Wildman–Crippen LogP) is 3.50. The minimum Gasteiger partial charge on any atom is -0.458 e. The Morgan fingerprint density at radius 1 is 1.20 bits per heavy atom. The number of carbonyl (C=O) groups is 2. The lowest BCUT2D eigenvalue weighted by molar-refractivity contribution is -0.135. The van der Waals surface area contributed by atoms with Crippen molar-refractivity contribution in [3.8, 4) is 0 Å². The number of ether oxygens (including phenoxy) is 1. The molecule has 0 spiro atoms. The molecule has 1 N–H and O–H groups in total. The SMILES string of the molecule is O=C(/C=C/c1cccc(F)c1)Nc1ccc(CC2=CC(=O)OC2)cc1. The van der Waals surface area contributed by atoms with E-state index in [1.807, 2.05) is 12.1 Å². The van der Waals surface area contributed by atoms with E-state index >= 15 is 0 Å². The smallest absolute Gasteiger partial charge is 0.331 e. The number of amides is 1. The Morgan fingerprint density at radius 2 is 2.00 bits per heavy atom. The van der Waals surface area contributed by atoms with E-state index in [2.05, 4.69) is 5.32 Å². The van der Waals surface area contributed by atoms with Crippen molar-refractivity contribution in [2.45, 2.75) is 6.42 Å². The first-order chi connectivity index (χ1) is 12.1. The van der Waals surface area contributed by atoms with E-state index in [0.29, 0.717) is 24.3 Å². The molecule has 0 bridgehead atoms. The molecule has 126 valence electrons. The topological polar surface area (TPSA) is 55.4 Å². The molecule has 2 aromatic carbocycles. The summed E-state index contributed by atoms with van der Waals surface area (Å²) in [4.78, 5) is 22.9. The molecule has 0 radical (unpaired) electrons. The zero-order valence-electron chi connectivity index (χ0n) is 13.4. The number of rotatable bonds is 5. The van der Waals surface area contributed by atoms with E-state index in [1.165, 1.54) is 24.3 Å². The maximum Gasteiger partial charge on any atom is 0.331 e. The molecule has 0 aliphatic carbocycles. The Kier molecular flexibility index (Phi) is 5.04. The van der Waals surface area contributed by atoms with Crippen molar-refractivity contribution in [3.05, 3.63) is 83.2 Å². The van der Waals surface area contributed by atoms with Gasteiger partial charge in [-0.15, -0.1) is 0 Å². The number of nitrogens with one attached hydrogen (secondary N) is 1. The van der Waals surface area contributed by atoms with Gasteiger partial charge in [-0.1, -0.05) is 24.3 Å². The van der Waals surface area contributed by atoms with E-state index in [-0.39, 0.29) is 17.7 Å². The number of esters is 1. The fourth-order valence-electron chi connectivity index (χ4n) is 2.45. The van der Waals surface area contributed by atoms with Crippen molar-refractivity contribution in [1.82, 2.24) is 0 Å². The van der Waals surface area contributed by atoms with Gasteiger partial charge in [0.05, 0.1) is 0 Å². The Labute approximate surface area is 144 Å². The fourth-order valence-corrected chi connectivity index (χ4v) is 2.45. The number of hydrogen-bond acceptors (Lipinski definition) is 3. The van der Waals surface area contributed by atoms with Gasteiger partial charge in [0.1, 0.15) is 12.4 Å². The molecule has 25 heavy (non-hydrogen) atoms. The summed E-state index contributed by atoms with van der Waals surface area (Å²) in [6.07, 6.45) is 5.05. The van der Waals surface area contributed by atoms with Crippen molar-refractivity contribution in [2.75, 3.05) is 11.9 Å². The molecule has 0 aromatic heterocycles. The third-order valence-electron chi connectivity index (χ3n) is 3.65. The fraction of sp³-hybridized carbons (Fsp3) is 0.100. The largest absolute Gasteiger partial charge is 0.458 e. The monoisotopic (exact) mass is 337 g/mol. The Morgan fingerprint density at radius 3 is 2.68 bits per heavy atom. The molecule has 0 saturated heterocycles. The molecule has 1 amide bonds. The van der Waals surface area contributed by atoms with Crippen LogP contribution in [0.1, 0.15) is 11.1 Å². The Hall–Kier alpha value is -3.21. The third-order valence-corrected chi connectivity index (χ3v) is 3.65. The highest BCUT2D eigenvalue weighted by Crippen LogP contribution is 2.16. The summed E-state index contributed by atoms with van der Waals surface area (Å²) >= 11 is 0. The zero-order chi connectivity index (χ0) is 17.6. The van der Waals surface area contributed by atoms with Gasteiger partial charge >= 0.3 is 5.97 Å². The van der Waals surface area contributed by atoms with Crippen LogP contribution in [-0.4, -0.2) is 18.5 Å². The molecule has 3 rings (SSSR count). The maximum atomic E-state index is 13.1. The molecule has 0 fully saturated rings. The van der Waals surface area contributed by atoms with Crippen molar-refractivity contribution in [2.24, 2.45) is 0 Å². The molecule has 1 aliphatic rings. The van der Waals surface area contributed by atoms with E-state index in [1.54, 1.807) is 30.3 Å². The number of carbonyl (C=O) groups excluding carboxylic acids is 2. The van der Waals surface area contributed by atoms with Crippen molar-refractivity contribution < 1.29 is 18.7 Å². The standard InChI is InChI=1S/C20H16FNO3/c21-17-3-1-2-14(11-17)6-9-19(23)22-18-7-4-15(5-8-18)10-16-12-20(24)25-13-16/h1-9,11-12H,10,13H2,(H,22,23)/b9-6+. The van der Waals surface area contributed by atoms with Gasteiger partial charge in [0.25, 0.3) is 0 Å². The highest BCUT2D eigenvalue weighted by molar-refractivity contribution is 6.01. The van der Waals surface area contributed by atoms with E-state index < -0.39 is 0 Å². The van der Waals surface area contributed by atoms with Crippen molar-refractivity contribution in [1.29, 1.82) is 0 Å². The molecule has 2 aromatic rings. The summed E-state index contributed by atoms with van der Waals surface area (Å²) in [5.74, 6) is -0.943. The lowest BCUT2D eigenvalue weighted by Gasteiger charge is -2.05. The first kappa shape index (κ1) is 16.6. The van der Waals surface area contributed by atoms with Gasteiger partial charge in [0, 0.05) is 17.8 Å². The quantitative estimate of drug-likeness (QED) is 0.671. The molecular formula is C20H16FNO3. The van der Waals surface area contributed by atoms with E-state index in [4.69, 9.17) is 4.74 Å². The van der Waals surface area contributed by atoms with Crippen LogP contribution in [0.15, 0.2) is 66.3 Å². The Bertz CT molecular complexity index is 853. The van der Waals surface area contributed by atoms with E-state index in [9.17, 15) is 14.0 Å². The van der Waals surface area contributed by atoms with Crippen LogP contribution in [0.3, 0.4) is 0 Å². The summed E-state index contributed by atoms with van der Waals surface area (Å²) in [5, 5.41) is 2.74. The molecule has 1 aliphatic heterocycles. The second-order valence-corrected chi connectivity index (χ2v) is 5.66. The Balaban J connectivity index is 1.56. The molecule has 5 heteroatoms. The highest BCUT2D eigenvalue weighted by Gasteiger charge is 2.12. The van der Waals surface area contributed by atoms with Gasteiger partial charge in [-0.2, -0.15) is 0 Å². The van der Waals surface area contributed by atoms with Crippen LogP contribution in [0.5, 0.6) is 0 Å². The summed E-state index contributed by atoms with van der Waals surface area (Å²) in [6, 6.07) is 13.4. The van der Waals surface area contributed by atoms with Crippen molar-refractivity contribution in [3.63, 3.8) is 0 Å². The minimum atomic E-state index is -0.345. The van der Waals surface area contributed by atoms with Crippen LogP contribution in [-0.2, 0) is 20.7 Å². The molecule has 0 saturated carbocycles. The van der Waals surface area contributed by atoms with Crippen molar-refractivity contribution >= 4 is 23.6 Å². The van der Waals surface area contributed by atoms with Gasteiger partial charge in [-0.05, 0) is 53.5 Å². The van der Waals surface area contributed by atoms with Crippen LogP contribution >= 0.6 is 0 Å². The van der Waals surface area contributed by atoms with Crippen LogP contribution in [0.25, 0.3) is 6.08 Å². The summed E-state index contributed by atoms with van der Waals surface area (Å²) in [7, 11) is 0. The highest BCUT2D eigenvalue weighted by atomic mass is 19.1. The van der Waals surface area contributed by atoms with Crippen LogP contribution in [0.4, 0.5) is 10.1 Å². The average Bonchev–Trinajstić information content (AvgIpc) is 3.00. The van der Waals surface area contributed by atoms with E-state index in [0.717, 1.165) is 11.1 Å². The maximum absolute atomic E-state index is 13.1. The minimum absolute atomic E-state index is 0.297. The summed E-state index contributed by atoms with van der Waals surface area (Å²) in [6.45, 7) is 0.336. The number of hydrogen-bond donors (Lipinski definition) is 1. The van der Waals surface area contributed by atoms with Gasteiger partial charge in [-0.3, -0.25) is 4.79 Å². The van der Waals surface area contributed by atoms with Crippen LogP contribution in [0, 0.1) is 5.82 Å². The first-order valence-electron chi connectivity index (χ1n) is 7.78. The molecule has 1 heterocycles. The molecular weight excluding hydrogens is 321 g/mol. The third kappa shape index (κ3) is 4.88. The van der Waals surface area contributed by atoms with Gasteiger partial charge in [0.15, 0.2) is 0 Å². The van der Waals surface area contributed by atoms with Gasteiger partial charge in [0.2, 0.25) is 5.91 Å². The second-order valence-electron chi connectivity index (χ2n) is 5.66. The lowest BCUT2D eigenvalue weighted by Crippen LogP contribution is -2.07. The lowest BCUT2D eigenvalue weighted by atomic mass is 10.1. The second kappa shape index (κ2) is 7.57. The normalized spacial score (nSPS) is 13.6. The number of anilines is 1. The van der Waals surface area contributed by atoms with Crippen LogP contribution < -0.4 is 5.32 Å². The molecule has 4 nitrogen and oxygen atoms in total. The average molecular weight is 337 g/mol. The summed E-state index contributed by atoms with van der Waals surface area (Å²) in [5.41, 5.74) is 3.23. The zero-order valence-corrected chi connectivity index (χ0v) is 13.4. The predicted molar refractivity (Wildman–Crippen MR) is 93.3 cm³/mol. The molecule has 0 unspecified atom stereocenters. The number of benzene rings is 2. The first-order valence-corrected chi connectivity index (χ1v) is 7.78. The number of cyclic esters (lactones) is 1. The van der Waals surface area contributed by atoms with Gasteiger partial charge < -0.3 is 10.1 Å². The van der Waals surface area contributed by atoms with Crippen LogP contribution in [0.2, 0.25) is 0 Å². The van der Waals surface area contributed by atoms with Gasteiger partial charge in [-0.25, -0.2) is 9.18 Å². The summed E-state index contributed by atoms with van der Waals surface area (Å²) < 4.78 is 17.9.